The normalized spacial score (nSPS) is 10.5. The number of hydrogen-bond acceptors (Lipinski definition) is 3. The summed E-state index contributed by atoms with van der Waals surface area (Å²) in [6.45, 7) is 0. The van der Waals surface area contributed by atoms with Crippen molar-refractivity contribution in [3.05, 3.63) is 65.9 Å². The molecule has 0 aliphatic carbocycles. The van der Waals surface area contributed by atoms with Crippen LogP contribution < -0.4 is 15.8 Å². The van der Waals surface area contributed by atoms with Crippen molar-refractivity contribution in [1.82, 2.24) is 15.4 Å². The quantitative estimate of drug-likeness (QED) is 0.722. The Morgan fingerprint density at radius 2 is 1.68 bits per heavy atom. The Morgan fingerprint density at radius 1 is 0.960 bits per heavy atom. The first-order valence-corrected chi connectivity index (χ1v) is 7.89. The highest BCUT2D eigenvalue weighted by Crippen LogP contribution is 2.20. The van der Waals surface area contributed by atoms with Gasteiger partial charge in [-0.2, -0.15) is 0 Å². The van der Waals surface area contributed by atoms with Crippen molar-refractivity contribution in [2.75, 3.05) is 19.0 Å². The van der Waals surface area contributed by atoms with Crippen molar-refractivity contribution in [3.8, 4) is 0 Å². The van der Waals surface area contributed by atoms with E-state index in [-0.39, 0.29) is 11.8 Å². The molecule has 128 valence electrons. The maximum Gasteiger partial charge on any atom is 0.271 e. The van der Waals surface area contributed by atoms with Gasteiger partial charge in [0.25, 0.3) is 11.8 Å². The van der Waals surface area contributed by atoms with Crippen LogP contribution in [0.25, 0.3) is 10.9 Å². The molecule has 6 nitrogen and oxygen atoms in total. The molecule has 6 heteroatoms. The summed E-state index contributed by atoms with van der Waals surface area (Å²) in [5.41, 5.74) is 7.81. The van der Waals surface area contributed by atoms with Gasteiger partial charge in [-0.15, -0.1) is 0 Å². The number of hydrazine groups is 1. The third-order valence-corrected chi connectivity index (χ3v) is 4.06. The fourth-order valence-electron chi connectivity index (χ4n) is 2.70. The first-order valence-electron chi connectivity index (χ1n) is 7.89. The van der Waals surface area contributed by atoms with Crippen LogP contribution in [0.5, 0.6) is 0 Å². The number of anilines is 1. The summed E-state index contributed by atoms with van der Waals surface area (Å²) in [6, 6.07) is 14.8. The number of hydrogen-bond donors (Lipinski definition) is 2. The van der Waals surface area contributed by atoms with E-state index in [1.807, 2.05) is 60.9 Å². The number of fused-ring (bicyclic) bond motifs is 1. The fraction of sp³-hybridized carbons (Fsp3) is 0.158. The molecule has 0 aliphatic rings. The number of nitrogens with one attached hydrogen (secondary N) is 2. The molecule has 0 aliphatic heterocycles. The number of aromatic nitrogens is 1. The zero-order chi connectivity index (χ0) is 18.0. The lowest BCUT2D eigenvalue weighted by Gasteiger charge is -2.13. The van der Waals surface area contributed by atoms with E-state index in [0.29, 0.717) is 11.1 Å². The summed E-state index contributed by atoms with van der Waals surface area (Å²) in [5, 5.41) is 0.839. The summed E-state index contributed by atoms with van der Waals surface area (Å²) < 4.78 is 1.88. The van der Waals surface area contributed by atoms with Crippen molar-refractivity contribution in [2.45, 2.75) is 0 Å². The van der Waals surface area contributed by atoms with Crippen molar-refractivity contribution >= 4 is 28.4 Å². The summed E-state index contributed by atoms with van der Waals surface area (Å²) in [7, 11) is 5.68. The van der Waals surface area contributed by atoms with Gasteiger partial charge in [0.15, 0.2) is 0 Å². The van der Waals surface area contributed by atoms with Crippen LogP contribution in [-0.2, 0) is 7.05 Å². The van der Waals surface area contributed by atoms with Crippen molar-refractivity contribution < 1.29 is 9.59 Å². The Labute approximate surface area is 146 Å². The van der Waals surface area contributed by atoms with Crippen LogP contribution in [0.15, 0.2) is 54.7 Å². The Bertz CT molecular complexity index is 944. The van der Waals surface area contributed by atoms with Gasteiger partial charge in [-0.1, -0.05) is 24.3 Å². The van der Waals surface area contributed by atoms with Gasteiger partial charge in [0.05, 0.1) is 5.56 Å². The Kier molecular flexibility index (Phi) is 4.43. The molecule has 2 N–H and O–H groups in total. The van der Waals surface area contributed by atoms with E-state index in [1.54, 1.807) is 24.4 Å². The molecule has 0 radical (unpaired) electrons. The minimum atomic E-state index is -0.364. The molecule has 0 saturated carbocycles. The Morgan fingerprint density at radius 3 is 2.44 bits per heavy atom. The Hall–Kier alpha value is -3.28. The average molecular weight is 336 g/mol. The van der Waals surface area contributed by atoms with E-state index < -0.39 is 0 Å². The second-order valence-electron chi connectivity index (χ2n) is 6.02. The summed E-state index contributed by atoms with van der Waals surface area (Å²) >= 11 is 0. The largest absolute Gasteiger partial charge is 0.378 e. The van der Waals surface area contributed by atoms with Crippen LogP contribution in [-0.4, -0.2) is 30.5 Å². The summed E-state index contributed by atoms with van der Waals surface area (Å²) in [6.07, 6.45) is 1.75. The van der Waals surface area contributed by atoms with Crippen LogP contribution >= 0.6 is 0 Å². The summed E-state index contributed by atoms with van der Waals surface area (Å²) in [5.74, 6) is -0.716. The molecule has 0 spiro atoms. The lowest BCUT2D eigenvalue weighted by molar-refractivity contribution is 0.0847. The topological polar surface area (TPSA) is 66.4 Å². The molecule has 2 aromatic carbocycles. The third kappa shape index (κ3) is 3.33. The number of rotatable bonds is 3. The molecule has 0 unspecified atom stereocenters. The molecule has 0 bridgehead atoms. The van der Waals surface area contributed by atoms with Crippen molar-refractivity contribution in [3.63, 3.8) is 0 Å². The highest BCUT2D eigenvalue weighted by molar-refractivity contribution is 6.08. The predicted molar refractivity (Wildman–Crippen MR) is 98.6 cm³/mol. The van der Waals surface area contributed by atoms with Gasteiger partial charge in [0, 0.05) is 49.5 Å². The van der Waals surface area contributed by atoms with Crippen LogP contribution in [0.2, 0.25) is 0 Å². The second kappa shape index (κ2) is 6.68. The molecule has 2 amide bonds. The van der Waals surface area contributed by atoms with Crippen LogP contribution in [0.3, 0.4) is 0 Å². The number of carbonyl (C=O) groups excluding carboxylic acids is 2. The van der Waals surface area contributed by atoms with E-state index in [4.69, 9.17) is 0 Å². The third-order valence-electron chi connectivity index (χ3n) is 4.06. The van der Waals surface area contributed by atoms with E-state index >= 15 is 0 Å². The molecular weight excluding hydrogens is 316 g/mol. The minimum absolute atomic E-state index is 0.353. The van der Waals surface area contributed by atoms with E-state index in [0.717, 1.165) is 16.6 Å². The van der Waals surface area contributed by atoms with E-state index in [1.165, 1.54) is 0 Å². The molecule has 25 heavy (non-hydrogen) atoms. The SMILES string of the molecule is CN(C)c1cccc(C(=O)NNC(=O)c2cn(C)c3ccccc23)c1. The van der Waals surface area contributed by atoms with Gasteiger partial charge < -0.3 is 9.47 Å². The van der Waals surface area contributed by atoms with Crippen LogP contribution in [0.4, 0.5) is 5.69 Å². The minimum Gasteiger partial charge on any atom is -0.378 e. The summed E-state index contributed by atoms with van der Waals surface area (Å²) in [4.78, 5) is 26.6. The molecule has 1 aromatic heterocycles. The molecule has 0 saturated heterocycles. The predicted octanol–water partition coefficient (Wildman–Crippen LogP) is 2.32. The van der Waals surface area contributed by atoms with Crippen LogP contribution in [0.1, 0.15) is 20.7 Å². The zero-order valence-corrected chi connectivity index (χ0v) is 14.4. The molecule has 0 fully saturated rings. The number of carbonyl (C=O) groups is 2. The van der Waals surface area contributed by atoms with Crippen molar-refractivity contribution in [1.29, 1.82) is 0 Å². The van der Waals surface area contributed by atoms with Gasteiger partial charge >= 0.3 is 0 Å². The first-order chi connectivity index (χ1) is 12.0. The lowest BCUT2D eigenvalue weighted by Crippen LogP contribution is -2.41. The van der Waals surface area contributed by atoms with E-state index in [2.05, 4.69) is 10.9 Å². The monoisotopic (exact) mass is 336 g/mol. The Balaban J connectivity index is 1.73. The maximum atomic E-state index is 12.4. The number of nitrogens with zero attached hydrogens (tertiary/aromatic N) is 2. The van der Waals surface area contributed by atoms with Crippen molar-refractivity contribution in [2.24, 2.45) is 7.05 Å². The highest BCUT2D eigenvalue weighted by atomic mass is 16.2. The number of aryl methyl sites for hydroxylation is 1. The number of benzene rings is 2. The number of para-hydroxylation sites is 1. The molecule has 3 aromatic rings. The fourth-order valence-corrected chi connectivity index (χ4v) is 2.70. The average Bonchev–Trinajstić information content (AvgIpc) is 2.97. The van der Waals surface area contributed by atoms with Crippen LogP contribution in [0, 0.1) is 0 Å². The zero-order valence-electron chi connectivity index (χ0n) is 14.4. The van der Waals surface area contributed by atoms with Gasteiger partial charge in [0.2, 0.25) is 0 Å². The molecule has 0 atom stereocenters. The molecule has 3 rings (SSSR count). The standard InChI is InChI=1S/C19H20N4O2/c1-22(2)14-8-6-7-13(11-14)18(24)20-21-19(25)16-12-23(3)17-10-5-4-9-15(16)17/h4-12H,1-3H3,(H,20,24)(H,21,25). The first kappa shape index (κ1) is 16.6. The second-order valence-corrected chi connectivity index (χ2v) is 6.02. The van der Waals surface area contributed by atoms with E-state index in [9.17, 15) is 9.59 Å². The molecule has 1 heterocycles. The number of amides is 2. The van der Waals surface area contributed by atoms with Gasteiger partial charge in [0.1, 0.15) is 0 Å². The highest BCUT2D eigenvalue weighted by Gasteiger charge is 2.15. The maximum absolute atomic E-state index is 12.4. The lowest BCUT2D eigenvalue weighted by atomic mass is 10.1. The van der Waals surface area contributed by atoms with Gasteiger partial charge in [-0.3, -0.25) is 20.4 Å². The van der Waals surface area contributed by atoms with Gasteiger partial charge in [-0.05, 0) is 24.3 Å². The smallest absolute Gasteiger partial charge is 0.271 e. The van der Waals surface area contributed by atoms with Gasteiger partial charge in [-0.25, -0.2) is 0 Å². The molecular formula is C19H20N4O2.